The maximum absolute atomic E-state index is 4.67. The number of allylic oxidation sites excluding steroid dienone is 1. The molecule has 0 spiro atoms. The molecule has 4 rings (SSSR count). The zero-order chi connectivity index (χ0) is 22.3. The highest BCUT2D eigenvalue weighted by molar-refractivity contribution is 5.87. The van der Waals surface area contributed by atoms with Gasteiger partial charge in [0.1, 0.15) is 6.33 Å². The van der Waals surface area contributed by atoms with E-state index in [4.69, 9.17) is 0 Å². The summed E-state index contributed by atoms with van der Waals surface area (Å²) in [6.07, 6.45) is 10.8. The van der Waals surface area contributed by atoms with Crippen molar-refractivity contribution in [3.63, 3.8) is 0 Å². The molecular weight excluding hydrogens is 390 g/mol. The summed E-state index contributed by atoms with van der Waals surface area (Å²) in [5.41, 5.74) is 8.45. The van der Waals surface area contributed by atoms with E-state index in [1.54, 1.807) is 6.33 Å². The molecule has 0 amide bonds. The van der Waals surface area contributed by atoms with E-state index in [9.17, 15) is 0 Å². The predicted octanol–water partition coefficient (Wildman–Crippen LogP) is 7.52. The quantitative estimate of drug-likeness (QED) is 0.262. The maximum Gasteiger partial charge on any atom is 0.116 e. The van der Waals surface area contributed by atoms with Crippen molar-refractivity contribution in [1.29, 1.82) is 0 Å². The van der Waals surface area contributed by atoms with E-state index >= 15 is 0 Å². The number of fused-ring (bicyclic) bond motifs is 1. The molecule has 0 aliphatic carbocycles. The van der Waals surface area contributed by atoms with Crippen LogP contribution >= 0.6 is 0 Å². The van der Waals surface area contributed by atoms with E-state index in [0.717, 1.165) is 48.7 Å². The standard InChI is InChI=1S/C29H31N3/c1-4-7-24(12-9-21(2)3)28-18-25(17-26-19-30-20-32-29(26)28)23-13-10-22(11-14-23)16-27-8-5-6-15-31-27/h5-6,8,10-11,13-15,17-20,24H,2,4,7,9,12,16H2,1,3H3. The SMILES string of the molecule is C=C(C)CCC(CCC)c1cc(-c2ccc(Cc3ccccn3)cc2)cc2cncnc12. The van der Waals surface area contributed by atoms with Crippen LogP contribution in [0.15, 0.2) is 85.5 Å². The highest BCUT2D eigenvalue weighted by atomic mass is 14.8. The molecule has 1 unspecified atom stereocenters. The van der Waals surface area contributed by atoms with Gasteiger partial charge in [-0.15, -0.1) is 6.58 Å². The monoisotopic (exact) mass is 421 g/mol. The smallest absolute Gasteiger partial charge is 0.116 e. The number of benzene rings is 2. The van der Waals surface area contributed by atoms with Gasteiger partial charge in [0, 0.05) is 29.9 Å². The second-order valence-electron chi connectivity index (χ2n) is 8.70. The molecule has 0 N–H and O–H groups in total. The molecule has 0 radical (unpaired) electrons. The molecule has 162 valence electrons. The number of rotatable bonds is 9. The first-order chi connectivity index (χ1) is 15.6. The minimum Gasteiger partial charge on any atom is -0.261 e. The predicted molar refractivity (Wildman–Crippen MR) is 134 cm³/mol. The van der Waals surface area contributed by atoms with Gasteiger partial charge in [-0.2, -0.15) is 0 Å². The second-order valence-corrected chi connectivity index (χ2v) is 8.70. The van der Waals surface area contributed by atoms with E-state index in [0.29, 0.717) is 5.92 Å². The zero-order valence-electron chi connectivity index (χ0n) is 19.1. The Labute approximate surface area is 191 Å². The van der Waals surface area contributed by atoms with Crippen LogP contribution in [0.25, 0.3) is 22.0 Å². The lowest BCUT2D eigenvalue weighted by atomic mass is 9.86. The highest BCUT2D eigenvalue weighted by Crippen LogP contribution is 2.35. The summed E-state index contributed by atoms with van der Waals surface area (Å²) in [5.74, 6) is 0.470. The lowest BCUT2D eigenvalue weighted by Crippen LogP contribution is -2.02. The summed E-state index contributed by atoms with van der Waals surface area (Å²) in [4.78, 5) is 13.4. The second kappa shape index (κ2) is 10.3. The fourth-order valence-corrected chi connectivity index (χ4v) is 4.36. The van der Waals surface area contributed by atoms with Crippen LogP contribution in [0.5, 0.6) is 0 Å². The number of hydrogen-bond donors (Lipinski definition) is 0. The third kappa shape index (κ3) is 5.28. The van der Waals surface area contributed by atoms with Gasteiger partial charge in [-0.3, -0.25) is 4.98 Å². The van der Waals surface area contributed by atoms with Crippen LogP contribution in [-0.4, -0.2) is 15.0 Å². The lowest BCUT2D eigenvalue weighted by molar-refractivity contribution is 0.570. The molecule has 2 aromatic heterocycles. The van der Waals surface area contributed by atoms with Crippen LogP contribution < -0.4 is 0 Å². The molecule has 32 heavy (non-hydrogen) atoms. The van der Waals surface area contributed by atoms with Gasteiger partial charge in [-0.25, -0.2) is 9.97 Å². The molecule has 3 heteroatoms. The van der Waals surface area contributed by atoms with E-state index in [-0.39, 0.29) is 0 Å². The normalized spacial score (nSPS) is 12.1. The van der Waals surface area contributed by atoms with Crippen molar-refractivity contribution in [2.45, 2.75) is 51.9 Å². The Morgan fingerprint density at radius 2 is 1.81 bits per heavy atom. The first-order valence-corrected chi connectivity index (χ1v) is 11.5. The van der Waals surface area contributed by atoms with Gasteiger partial charge in [0.15, 0.2) is 0 Å². The minimum absolute atomic E-state index is 0.470. The Balaban J connectivity index is 1.69. The van der Waals surface area contributed by atoms with Crippen LogP contribution in [0.2, 0.25) is 0 Å². The van der Waals surface area contributed by atoms with Crippen molar-refractivity contribution in [2.24, 2.45) is 0 Å². The Bertz CT molecular complexity index is 1180. The Morgan fingerprint density at radius 1 is 0.969 bits per heavy atom. The first kappa shape index (κ1) is 21.9. The minimum atomic E-state index is 0.470. The van der Waals surface area contributed by atoms with Crippen molar-refractivity contribution in [1.82, 2.24) is 15.0 Å². The van der Waals surface area contributed by atoms with Gasteiger partial charge >= 0.3 is 0 Å². The molecule has 1 atom stereocenters. The summed E-state index contributed by atoms with van der Waals surface area (Å²) in [7, 11) is 0. The Kier molecular flexibility index (Phi) is 7.06. The summed E-state index contributed by atoms with van der Waals surface area (Å²) < 4.78 is 0. The topological polar surface area (TPSA) is 38.7 Å². The fraction of sp³-hybridized carbons (Fsp3) is 0.276. The van der Waals surface area contributed by atoms with E-state index in [1.165, 1.54) is 27.8 Å². The summed E-state index contributed by atoms with van der Waals surface area (Å²) in [5, 5.41) is 1.11. The van der Waals surface area contributed by atoms with E-state index < -0.39 is 0 Å². The van der Waals surface area contributed by atoms with Crippen molar-refractivity contribution in [2.75, 3.05) is 0 Å². The lowest BCUT2D eigenvalue weighted by Gasteiger charge is -2.20. The average molecular weight is 422 g/mol. The summed E-state index contributed by atoms with van der Waals surface area (Å²) >= 11 is 0. The number of aromatic nitrogens is 3. The molecule has 0 bridgehead atoms. The molecule has 2 heterocycles. The van der Waals surface area contributed by atoms with Crippen molar-refractivity contribution in [3.05, 3.63) is 102 Å². The highest BCUT2D eigenvalue weighted by Gasteiger charge is 2.17. The van der Waals surface area contributed by atoms with E-state index in [2.05, 4.69) is 77.8 Å². The summed E-state index contributed by atoms with van der Waals surface area (Å²) in [6, 6.07) is 19.5. The van der Waals surface area contributed by atoms with Crippen LogP contribution in [0.3, 0.4) is 0 Å². The van der Waals surface area contributed by atoms with Gasteiger partial charge in [-0.05, 0) is 78.6 Å². The molecule has 4 aromatic rings. The van der Waals surface area contributed by atoms with Crippen molar-refractivity contribution in [3.8, 4) is 11.1 Å². The van der Waals surface area contributed by atoms with Crippen LogP contribution in [-0.2, 0) is 6.42 Å². The van der Waals surface area contributed by atoms with Gasteiger partial charge in [0.25, 0.3) is 0 Å². The molecular formula is C29H31N3. The summed E-state index contributed by atoms with van der Waals surface area (Å²) in [6.45, 7) is 8.49. The number of pyridine rings is 1. The molecule has 0 aliphatic rings. The number of hydrogen-bond acceptors (Lipinski definition) is 3. The molecule has 0 saturated carbocycles. The fourth-order valence-electron chi connectivity index (χ4n) is 4.36. The van der Waals surface area contributed by atoms with E-state index in [1.807, 2.05) is 24.5 Å². The van der Waals surface area contributed by atoms with Gasteiger partial charge in [0.05, 0.1) is 5.52 Å². The third-order valence-corrected chi connectivity index (χ3v) is 6.03. The van der Waals surface area contributed by atoms with Gasteiger partial charge in [0.2, 0.25) is 0 Å². The first-order valence-electron chi connectivity index (χ1n) is 11.5. The molecule has 0 saturated heterocycles. The zero-order valence-corrected chi connectivity index (χ0v) is 19.1. The molecule has 0 aliphatic heterocycles. The maximum atomic E-state index is 4.67. The third-order valence-electron chi connectivity index (χ3n) is 6.03. The molecule has 2 aromatic carbocycles. The largest absolute Gasteiger partial charge is 0.261 e. The van der Waals surface area contributed by atoms with Crippen molar-refractivity contribution >= 4 is 10.9 Å². The number of nitrogens with zero attached hydrogens (tertiary/aromatic N) is 3. The van der Waals surface area contributed by atoms with Crippen molar-refractivity contribution < 1.29 is 0 Å². The van der Waals surface area contributed by atoms with Crippen LogP contribution in [0.4, 0.5) is 0 Å². The molecule has 0 fully saturated rings. The Morgan fingerprint density at radius 3 is 2.53 bits per heavy atom. The average Bonchev–Trinajstić information content (AvgIpc) is 2.82. The Hall–Kier alpha value is -3.33. The molecule has 3 nitrogen and oxygen atoms in total. The van der Waals surface area contributed by atoms with Crippen LogP contribution in [0, 0.1) is 0 Å². The van der Waals surface area contributed by atoms with Gasteiger partial charge in [-0.1, -0.05) is 49.2 Å². The van der Waals surface area contributed by atoms with Crippen LogP contribution in [0.1, 0.15) is 62.3 Å². The van der Waals surface area contributed by atoms with Gasteiger partial charge < -0.3 is 0 Å².